The zero-order valence-corrected chi connectivity index (χ0v) is 7.24. The molecule has 0 spiro atoms. The maximum absolute atomic E-state index is 11.9. The first-order valence-corrected chi connectivity index (χ1v) is 2.11. The molecule has 0 aliphatic heterocycles. The zero-order chi connectivity index (χ0) is 5.98. The van der Waals surface area contributed by atoms with Crippen LogP contribution in [0.4, 0.5) is 8.78 Å². The van der Waals surface area contributed by atoms with Gasteiger partial charge in [0, 0.05) is 11.6 Å². The average molecular weight is 173 g/mol. The third-order valence-corrected chi connectivity index (χ3v) is 0.718. The first-order chi connectivity index (χ1) is 3.79. The summed E-state index contributed by atoms with van der Waals surface area (Å²) in [7, 11) is 0. The second kappa shape index (κ2) is 5.89. The van der Waals surface area contributed by atoms with Gasteiger partial charge in [-0.25, -0.2) is 0 Å². The van der Waals surface area contributed by atoms with Gasteiger partial charge in [0.2, 0.25) is 0 Å². The van der Waals surface area contributed by atoms with Gasteiger partial charge in [-0.2, -0.15) is 6.07 Å². The molecule has 0 aliphatic carbocycles. The molecule has 10 heavy (non-hydrogen) atoms. The van der Waals surface area contributed by atoms with Crippen LogP contribution in [0.15, 0.2) is 18.2 Å². The van der Waals surface area contributed by atoms with Crippen LogP contribution in [0.25, 0.3) is 0 Å². The molecule has 0 fully saturated rings. The van der Waals surface area contributed by atoms with Gasteiger partial charge in [-0.05, 0) is 0 Å². The van der Waals surface area contributed by atoms with Crippen molar-refractivity contribution >= 4 is 23.1 Å². The smallest absolute Gasteiger partial charge is 1.00 e. The van der Waals surface area contributed by atoms with Crippen LogP contribution in [0.3, 0.4) is 0 Å². The SMILES string of the molecule is Fc1c[c-]cc(F)c1.[Cl-].[Mg+2]. The topological polar surface area (TPSA) is 0 Å². The minimum absolute atomic E-state index is 0. The Bertz CT molecular complexity index is 176. The van der Waals surface area contributed by atoms with Crippen molar-refractivity contribution in [3.05, 3.63) is 35.9 Å². The molecule has 1 aromatic carbocycles. The van der Waals surface area contributed by atoms with E-state index in [9.17, 15) is 8.78 Å². The Morgan fingerprint density at radius 1 is 1.10 bits per heavy atom. The van der Waals surface area contributed by atoms with Gasteiger partial charge in [-0.3, -0.25) is 8.78 Å². The van der Waals surface area contributed by atoms with Gasteiger partial charge in [-0.1, -0.05) is 0 Å². The van der Waals surface area contributed by atoms with Gasteiger partial charge in [0.1, 0.15) is 0 Å². The van der Waals surface area contributed by atoms with Crippen molar-refractivity contribution in [2.24, 2.45) is 0 Å². The molecule has 0 nitrogen and oxygen atoms in total. The molecule has 0 saturated heterocycles. The molecule has 0 aliphatic rings. The molecule has 50 valence electrons. The van der Waals surface area contributed by atoms with Crippen LogP contribution >= 0.6 is 0 Å². The minimum atomic E-state index is -0.593. The second-order valence-corrected chi connectivity index (χ2v) is 1.37. The summed E-state index contributed by atoms with van der Waals surface area (Å²) < 4.78 is 23.8. The van der Waals surface area contributed by atoms with E-state index in [1.165, 1.54) is 0 Å². The van der Waals surface area contributed by atoms with Gasteiger partial charge < -0.3 is 12.4 Å². The van der Waals surface area contributed by atoms with Crippen molar-refractivity contribution in [3.63, 3.8) is 0 Å². The third kappa shape index (κ3) is 4.03. The maximum atomic E-state index is 11.9. The predicted octanol–water partition coefficient (Wildman–Crippen LogP) is -1.61. The summed E-state index contributed by atoms with van der Waals surface area (Å²) in [6.45, 7) is 0. The molecule has 0 bridgehead atoms. The van der Waals surface area contributed by atoms with Crippen LogP contribution in [-0.4, -0.2) is 23.1 Å². The van der Waals surface area contributed by atoms with E-state index >= 15 is 0 Å². The molecule has 0 saturated carbocycles. The first kappa shape index (κ1) is 12.8. The van der Waals surface area contributed by atoms with Crippen molar-refractivity contribution in [2.45, 2.75) is 0 Å². The van der Waals surface area contributed by atoms with E-state index in [0.29, 0.717) is 0 Å². The van der Waals surface area contributed by atoms with E-state index < -0.39 is 11.6 Å². The fourth-order valence-electron chi connectivity index (χ4n) is 0.416. The van der Waals surface area contributed by atoms with Crippen molar-refractivity contribution < 1.29 is 21.2 Å². The number of hydrogen-bond donors (Lipinski definition) is 0. The van der Waals surface area contributed by atoms with E-state index in [1.807, 2.05) is 0 Å². The summed E-state index contributed by atoms with van der Waals surface area (Å²) in [5.74, 6) is -1.19. The molecule has 0 aromatic heterocycles. The van der Waals surface area contributed by atoms with Gasteiger partial charge in [-0.15, -0.1) is 18.2 Å². The molecule has 0 radical (unpaired) electrons. The summed E-state index contributed by atoms with van der Waals surface area (Å²) in [5.41, 5.74) is 0. The quantitative estimate of drug-likeness (QED) is 0.327. The molecule has 4 heteroatoms. The number of hydrogen-bond acceptors (Lipinski definition) is 0. The van der Waals surface area contributed by atoms with Crippen molar-refractivity contribution in [1.82, 2.24) is 0 Å². The number of rotatable bonds is 0. The summed E-state index contributed by atoms with van der Waals surface area (Å²) in [6, 6.07) is 5.23. The van der Waals surface area contributed by atoms with Crippen LogP contribution in [0.1, 0.15) is 0 Å². The molecular weight excluding hydrogens is 170 g/mol. The van der Waals surface area contributed by atoms with E-state index in [0.717, 1.165) is 18.2 Å². The van der Waals surface area contributed by atoms with E-state index in [2.05, 4.69) is 6.07 Å². The van der Waals surface area contributed by atoms with Crippen LogP contribution in [-0.2, 0) is 0 Å². The molecule has 0 N–H and O–H groups in total. The van der Waals surface area contributed by atoms with Gasteiger partial charge in [0.15, 0.2) is 0 Å². The summed E-state index contributed by atoms with van der Waals surface area (Å²) in [4.78, 5) is 0. The number of benzene rings is 1. The van der Waals surface area contributed by atoms with Crippen molar-refractivity contribution in [2.75, 3.05) is 0 Å². The number of halogens is 3. The Hall–Kier alpha value is 0.136. The Morgan fingerprint density at radius 2 is 1.50 bits per heavy atom. The standard InChI is InChI=1S/C6H3F2.ClH.Mg/c7-5-2-1-3-6(8)4-5;;/h2-4H;1H;/q-1;;+2/p-1. The van der Waals surface area contributed by atoms with Crippen LogP contribution in [0.5, 0.6) is 0 Å². The molecule has 0 heterocycles. The normalized spacial score (nSPS) is 7.40. The maximum Gasteiger partial charge on any atom is 2.00 e. The van der Waals surface area contributed by atoms with Crippen LogP contribution < -0.4 is 12.4 Å². The van der Waals surface area contributed by atoms with Gasteiger partial charge in [0.25, 0.3) is 0 Å². The molecular formula is C6H3ClF2Mg. The fourth-order valence-corrected chi connectivity index (χ4v) is 0.416. The van der Waals surface area contributed by atoms with E-state index in [1.54, 1.807) is 0 Å². The van der Waals surface area contributed by atoms with Gasteiger partial charge >= 0.3 is 23.1 Å². The Balaban J connectivity index is 0. The molecule has 0 atom stereocenters. The van der Waals surface area contributed by atoms with E-state index in [-0.39, 0.29) is 35.5 Å². The first-order valence-electron chi connectivity index (χ1n) is 2.11. The zero-order valence-electron chi connectivity index (χ0n) is 5.07. The summed E-state index contributed by atoms with van der Waals surface area (Å²) in [6.07, 6.45) is 0. The average Bonchev–Trinajstić information content (AvgIpc) is 1.64. The monoisotopic (exact) mass is 172 g/mol. The Kier molecular flexibility index (Phi) is 7.52. The summed E-state index contributed by atoms with van der Waals surface area (Å²) >= 11 is 0. The minimum Gasteiger partial charge on any atom is -1.00 e. The van der Waals surface area contributed by atoms with Crippen molar-refractivity contribution in [1.29, 1.82) is 0 Å². The van der Waals surface area contributed by atoms with Crippen LogP contribution in [0, 0.1) is 17.7 Å². The third-order valence-electron chi connectivity index (χ3n) is 0.718. The van der Waals surface area contributed by atoms with Gasteiger partial charge in [0.05, 0.1) is 0 Å². The molecule has 1 rings (SSSR count). The second-order valence-electron chi connectivity index (χ2n) is 1.37. The molecule has 0 amide bonds. The predicted molar refractivity (Wildman–Crippen MR) is 30.9 cm³/mol. The largest absolute Gasteiger partial charge is 2.00 e. The molecule has 0 unspecified atom stereocenters. The van der Waals surface area contributed by atoms with Crippen molar-refractivity contribution in [3.8, 4) is 0 Å². The van der Waals surface area contributed by atoms with Crippen LogP contribution in [0.2, 0.25) is 0 Å². The fraction of sp³-hybridized carbons (Fsp3) is 0. The summed E-state index contributed by atoms with van der Waals surface area (Å²) in [5, 5.41) is 0. The van der Waals surface area contributed by atoms with E-state index in [4.69, 9.17) is 0 Å². The Labute approximate surface area is 80.2 Å². The molecule has 1 aromatic rings. The Morgan fingerprint density at radius 3 is 1.70 bits per heavy atom.